The van der Waals surface area contributed by atoms with Crippen molar-refractivity contribution in [2.45, 2.75) is 12.2 Å². The van der Waals surface area contributed by atoms with Gasteiger partial charge in [-0.15, -0.1) is 3.89 Å². The van der Waals surface area contributed by atoms with E-state index in [2.05, 4.69) is 0 Å². The molecule has 0 spiro atoms. The predicted octanol–water partition coefficient (Wildman–Crippen LogP) is 3.35. The van der Waals surface area contributed by atoms with Crippen LogP contribution in [0, 0.1) is 0 Å². The molecule has 1 aromatic carbocycles. The zero-order valence-electron chi connectivity index (χ0n) is 7.17. The zero-order chi connectivity index (χ0) is 10.9. The van der Waals surface area contributed by atoms with Gasteiger partial charge < -0.3 is 0 Å². The first kappa shape index (κ1) is 11.8. The van der Waals surface area contributed by atoms with Gasteiger partial charge in [-0.2, -0.15) is 8.42 Å². The van der Waals surface area contributed by atoms with Gasteiger partial charge in [0.05, 0.1) is 0 Å². The summed E-state index contributed by atoms with van der Waals surface area (Å²) >= 11 is 11.3. The van der Waals surface area contributed by atoms with E-state index in [1.165, 1.54) is 25.1 Å². The van der Waals surface area contributed by atoms with Crippen LogP contribution in [0.1, 0.15) is 17.7 Å². The molecule has 0 heterocycles. The molecule has 0 saturated heterocycles. The summed E-state index contributed by atoms with van der Waals surface area (Å²) in [5.41, 5.74) is 0.207. The molecule has 1 unspecified atom stereocenters. The van der Waals surface area contributed by atoms with Crippen molar-refractivity contribution in [3.63, 3.8) is 0 Å². The molecule has 0 radical (unpaired) electrons. The van der Waals surface area contributed by atoms with Crippen LogP contribution >= 0.6 is 23.2 Å². The third-order valence-corrected chi connectivity index (χ3v) is 3.48. The van der Waals surface area contributed by atoms with E-state index in [0.29, 0.717) is 5.02 Å². The second-order valence-electron chi connectivity index (χ2n) is 2.78. The van der Waals surface area contributed by atoms with Gasteiger partial charge in [0.2, 0.25) is 0 Å². The maximum absolute atomic E-state index is 12.6. The van der Waals surface area contributed by atoms with Gasteiger partial charge in [-0.3, -0.25) is 0 Å². The number of benzene rings is 1. The van der Waals surface area contributed by atoms with Crippen molar-refractivity contribution < 1.29 is 12.3 Å². The van der Waals surface area contributed by atoms with E-state index in [-0.39, 0.29) is 10.6 Å². The van der Waals surface area contributed by atoms with Gasteiger partial charge in [-0.1, -0.05) is 29.3 Å². The molecule has 0 fully saturated rings. The molecule has 2 nitrogen and oxygen atoms in total. The molecule has 78 valence electrons. The molecular formula is C8H7Cl2FO2S. The van der Waals surface area contributed by atoms with E-state index in [9.17, 15) is 12.3 Å². The topological polar surface area (TPSA) is 34.1 Å². The summed E-state index contributed by atoms with van der Waals surface area (Å²) in [5, 5.41) is -0.749. The summed E-state index contributed by atoms with van der Waals surface area (Å²) in [6.45, 7) is 1.23. The molecular weight excluding hydrogens is 250 g/mol. The Balaban J connectivity index is 3.21. The van der Waals surface area contributed by atoms with Gasteiger partial charge in [0.1, 0.15) is 5.25 Å². The van der Waals surface area contributed by atoms with Gasteiger partial charge >= 0.3 is 10.2 Å². The Morgan fingerprint density at radius 3 is 2.36 bits per heavy atom. The number of rotatable bonds is 2. The average molecular weight is 257 g/mol. The Labute approximate surface area is 91.9 Å². The Morgan fingerprint density at radius 1 is 1.36 bits per heavy atom. The molecule has 0 N–H and O–H groups in total. The highest BCUT2D eigenvalue weighted by Gasteiger charge is 2.23. The first-order chi connectivity index (χ1) is 6.32. The third-order valence-electron chi connectivity index (χ3n) is 1.82. The molecule has 14 heavy (non-hydrogen) atoms. The molecule has 0 aliphatic heterocycles. The smallest absolute Gasteiger partial charge is 0.194 e. The maximum atomic E-state index is 12.6. The molecule has 6 heteroatoms. The minimum absolute atomic E-state index is 0.145. The Hall–Kier alpha value is -0.320. The molecule has 1 rings (SSSR count). The average Bonchev–Trinajstić information content (AvgIpc) is 2.01. The van der Waals surface area contributed by atoms with Crippen LogP contribution < -0.4 is 0 Å². The summed E-state index contributed by atoms with van der Waals surface area (Å²) in [6.07, 6.45) is 0. The fraction of sp³-hybridized carbons (Fsp3) is 0.250. The molecule has 0 aliphatic carbocycles. The summed E-state index contributed by atoms with van der Waals surface area (Å²) in [4.78, 5) is 0. The second-order valence-corrected chi connectivity index (χ2v) is 5.29. The van der Waals surface area contributed by atoms with Crippen LogP contribution in [0.5, 0.6) is 0 Å². The van der Waals surface area contributed by atoms with E-state index in [1.54, 1.807) is 0 Å². The van der Waals surface area contributed by atoms with Gasteiger partial charge in [0, 0.05) is 10.0 Å². The van der Waals surface area contributed by atoms with Crippen LogP contribution in [0.4, 0.5) is 3.89 Å². The first-order valence-corrected chi connectivity index (χ1v) is 5.91. The largest absolute Gasteiger partial charge is 0.309 e. The van der Waals surface area contributed by atoms with Crippen LogP contribution in [0.3, 0.4) is 0 Å². The number of hydrogen-bond acceptors (Lipinski definition) is 2. The molecule has 0 aliphatic rings. The minimum atomic E-state index is -4.62. The maximum Gasteiger partial charge on any atom is 0.309 e. The highest BCUT2D eigenvalue weighted by atomic mass is 35.5. The minimum Gasteiger partial charge on any atom is -0.194 e. The van der Waals surface area contributed by atoms with Gasteiger partial charge in [-0.25, -0.2) is 0 Å². The Morgan fingerprint density at radius 2 is 1.93 bits per heavy atom. The van der Waals surface area contributed by atoms with E-state index < -0.39 is 15.5 Å². The highest BCUT2D eigenvalue weighted by Crippen LogP contribution is 2.31. The normalized spacial score (nSPS) is 14.0. The van der Waals surface area contributed by atoms with Gasteiger partial charge in [-0.05, 0) is 24.6 Å². The highest BCUT2D eigenvalue weighted by molar-refractivity contribution is 7.86. The predicted molar refractivity (Wildman–Crippen MR) is 54.9 cm³/mol. The van der Waals surface area contributed by atoms with Gasteiger partial charge in [0.25, 0.3) is 0 Å². The monoisotopic (exact) mass is 256 g/mol. The lowest BCUT2D eigenvalue weighted by Gasteiger charge is -2.08. The molecule has 1 aromatic rings. The summed E-state index contributed by atoms with van der Waals surface area (Å²) < 4.78 is 33.9. The van der Waals surface area contributed by atoms with E-state index >= 15 is 0 Å². The Bertz CT molecular complexity index is 445. The zero-order valence-corrected chi connectivity index (χ0v) is 9.50. The van der Waals surface area contributed by atoms with E-state index in [4.69, 9.17) is 23.2 Å². The molecule has 0 bridgehead atoms. The summed E-state index contributed by atoms with van der Waals surface area (Å²) in [7, 11) is -4.62. The van der Waals surface area contributed by atoms with Crippen molar-refractivity contribution in [2.24, 2.45) is 0 Å². The fourth-order valence-corrected chi connectivity index (χ4v) is 2.13. The van der Waals surface area contributed by atoms with Crippen LogP contribution in [-0.2, 0) is 10.2 Å². The Kier molecular flexibility index (Phi) is 3.40. The molecule has 0 aromatic heterocycles. The summed E-state index contributed by atoms with van der Waals surface area (Å²) in [6, 6.07) is 4.23. The lowest BCUT2D eigenvalue weighted by atomic mass is 10.2. The second kappa shape index (κ2) is 4.04. The van der Waals surface area contributed by atoms with Gasteiger partial charge in [0.15, 0.2) is 0 Å². The van der Waals surface area contributed by atoms with Crippen molar-refractivity contribution in [2.75, 3.05) is 0 Å². The first-order valence-electron chi connectivity index (χ1n) is 3.71. The van der Waals surface area contributed by atoms with E-state index in [1.807, 2.05) is 0 Å². The van der Waals surface area contributed by atoms with E-state index in [0.717, 1.165) is 0 Å². The van der Waals surface area contributed by atoms with Crippen LogP contribution in [-0.4, -0.2) is 8.42 Å². The number of halogens is 3. The van der Waals surface area contributed by atoms with Crippen molar-refractivity contribution >= 4 is 33.4 Å². The lowest BCUT2D eigenvalue weighted by Crippen LogP contribution is -2.04. The quantitative estimate of drug-likeness (QED) is 0.761. The molecule has 1 atom stereocenters. The van der Waals surface area contributed by atoms with Crippen molar-refractivity contribution in [3.05, 3.63) is 33.8 Å². The van der Waals surface area contributed by atoms with Crippen LogP contribution in [0.15, 0.2) is 18.2 Å². The third kappa shape index (κ3) is 2.59. The molecule has 0 amide bonds. The van der Waals surface area contributed by atoms with Crippen LogP contribution in [0.2, 0.25) is 10.0 Å². The van der Waals surface area contributed by atoms with Crippen molar-refractivity contribution in [3.8, 4) is 0 Å². The van der Waals surface area contributed by atoms with Crippen LogP contribution in [0.25, 0.3) is 0 Å². The lowest BCUT2D eigenvalue weighted by molar-refractivity contribution is 0.540. The standard InChI is InChI=1S/C8H7Cl2FO2S/c1-5(14(11,12)13)7-3-2-6(9)4-8(7)10/h2-5H,1H3. The SMILES string of the molecule is CC(c1ccc(Cl)cc1Cl)S(=O)(=O)F. The molecule has 0 saturated carbocycles. The number of hydrogen-bond donors (Lipinski definition) is 0. The van der Waals surface area contributed by atoms with Crippen molar-refractivity contribution in [1.82, 2.24) is 0 Å². The van der Waals surface area contributed by atoms with Crippen molar-refractivity contribution in [1.29, 1.82) is 0 Å². The fourth-order valence-electron chi connectivity index (χ4n) is 0.983. The summed E-state index contributed by atoms with van der Waals surface area (Å²) in [5.74, 6) is 0.